The van der Waals surface area contributed by atoms with Gasteiger partial charge in [0, 0.05) is 17.1 Å². The van der Waals surface area contributed by atoms with E-state index < -0.39 is 0 Å². The molecule has 82 valence electrons. The van der Waals surface area contributed by atoms with Gasteiger partial charge in [0.15, 0.2) is 0 Å². The van der Waals surface area contributed by atoms with E-state index in [2.05, 4.69) is 9.78 Å². The maximum atomic E-state index is 6.39. The van der Waals surface area contributed by atoms with Gasteiger partial charge in [-0.2, -0.15) is 16.9 Å². The fraction of sp³-hybridized carbons (Fsp3) is 0.727. The fourth-order valence-electron chi connectivity index (χ4n) is 2.57. The summed E-state index contributed by atoms with van der Waals surface area (Å²) in [5, 5.41) is 5.60. The zero-order valence-corrected chi connectivity index (χ0v) is 10.3. The monoisotopic (exact) mass is 242 g/mol. The molecule has 0 aromatic carbocycles. The average Bonchev–Trinajstić information content (AvgIpc) is 2.83. The van der Waals surface area contributed by atoms with Gasteiger partial charge in [-0.15, -0.1) is 0 Å². The van der Waals surface area contributed by atoms with E-state index in [4.69, 9.17) is 11.6 Å². The largest absolute Gasteiger partial charge is 0.250 e. The van der Waals surface area contributed by atoms with Crippen molar-refractivity contribution in [3.8, 4) is 0 Å². The van der Waals surface area contributed by atoms with Crippen molar-refractivity contribution in [3.05, 3.63) is 16.4 Å². The molecule has 1 aromatic heterocycles. The Morgan fingerprint density at radius 1 is 1.20 bits per heavy atom. The highest BCUT2D eigenvalue weighted by Crippen LogP contribution is 2.38. The van der Waals surface area contributed by atoms with Crippen molar-refractivity contribution >= 4 is 23.4 Å². The molecule has 4 heteroatoms. The highest BCUT2D eigenvalue weighted by Gasteiger charge is 2.25. The Morgan fingerprint density at radius 3 is 2.73 bits per heavy atom. The summed E-state index contributed by atoms with van der Waals surface area (Å²) >= 11 is 8.31. The first-order valence-electron chi connectivity index (χ1n) is 5.70. The van der Waals surface area contributed by atoms with Gasteiger partial charge >= 0.3 is 0 Å². The molecule has 1 saturated carbocycles. The number of aromatic nitrogens is 2. The standard InChI is InChI=1S/C11H15ClN2S/c12-11-9-6-15-7-10(9)13-14(11)8-4-2-1-3-5-8/h8H,1-7H2. The van der Waals surface area contributed by atoms with Crippen molar-refractivity contribution in [3.63, 3.8) is 0 Å². The average molecular weight is 243 g/mol. The molecule has 2 heterocycles. The van der Waals surface area contributed by atoms with Crippen LogP contribution in [0.15, 0.2) is 0 Å². The lowest BCUT2D eigenvalue weighted by molar-refractivity contribution is 0.329. The molecular weight excluding hydrogens is 228 g/mol. The molecular formula is C11H15ClN2S. The van der Waals surface area contributed by atoms with Crippen molar-refractivity contribution < 1.29 is 0 Å². The highest BCUT2D eigenvalue weighted by molar-refractivity contribution is 7.98. The Hall–Kier alpha value is -0.150. The highest BCUT2D eigenvalue weighted by atomic mass is 35.5. The normalized spacial score (nSPS) is 21.9. The zero-order valence-electron chi connectivity index (χ0n) is 8.71. The van der Waals surface area contributed by atoms with Crippen LogP contribution in [0.2, 0.25) is 5.15 Å². The summed E-state index contributed by atoms with van der Waals surface area (Å²) in [7, 11) is 0. The number of halogens is 1. The van der Waals surface area contributed by atoms with Gasteiger partial charge < -0.3 is 0 Å². The Labute approximate surface area is 99.4 Å². The summed E-state index contributed by atoms with van der Waals surface area (Å²) in [5.41, 5.74) is 2.53. The summed E-state index contributed by atoms with van der Waals surface area (Å²) in [6.07, 6.45) is 6.56. The molecule has 1 aromatic rings. The maximum absolute atomic E-state index is 6.39. The van der Waals surface area contributed by atoms with Gasteiger partial charge in [-0.05, 0) is 12.8 Å². The molecule has 3 rings (SSSR count). The second-order valence-electron chi connectivity index (χ2n) is 4.45. The third kappa shape index (κ3) is 1.70. The Kier molecular flexibility index (Phi) is 2.69. The van der Waals surface area contributed by atoms with E-state index in [1.54, 1.807) is 0 Å². The lowest BCUT2D eigenvalue weighted by Gasteiger charge is -2.22. The lowest BCUT2D eigenvalue weighted by atomic mass is 9.96. The van der Waals surface area contributed by atoms with Crippen LogP contribution >= 0.6 is 23.4 Å². The molecule has 1 aliphatic heterocycles. The van der Waals surface area contributed by atoms with Crippen LogP contribution < -0.4 is 0 Å². The number of thioether (sulfide) groups is 1. The summed E-state index contributed by atoms with van der Waals surface area (Å²) < 4.78 is 2.10. The molecule has 0 N–H and O–H groups in total. The zero-order chi connectivity index (χ0) is 10.3. The SMILES string of the molecule is Clc1c2c(nn1C1CCCCC1)CSC2. The van der Waals surface area contributed by atoms with Gasteiger partial charge in [0.1, 0.15) is 5.15 Å². The van der Waals surface area contributed by atoms with Crippen LogP contribution in [-0.4, -0.2) is 9.78 Å². The van der Waals surface area contributed by atoms with Crippen LogP contribution in [0.25, 0.3) is 0 Å². The van der Waals surface area contributed by atoms with E-state index >= 15 is 0 Å². The van der Waals surface area contributed by atoms with Gasteiger partial charge in [-0.1, -0.05) is 30.9 Å². The van der Waals surface area contributed by atoms with E-state index in [0.717, 1.165) is 16.7 Å². The second-order valence-corrected chi connectivity index (χ2v) is 5.79. The second kappa shape index (κ2) is 4.02. The summed E-state index contributed by atoms with van der Waals surface area (Å²) in [4.78, 5) is 0. The number of rotatable bonds is 1. The topological polar surface area (TPSA) is 17.8 Å². The predicted molar refractivity (Wildman–Crippen MR) is 64.4 cm³/mol. The van der Waals surface area contributed by atoms with Gasteiger partial charge in [-0.25, -0.2) is 0 Å². The number of hydrogen-bond acceptors (Lipinski definition) is 2. The number of hydrogen-bond donors (Lipinski definition) is 0. The van der Waals surface area contributed by atoms with Crippen molar-refractivity contribution in [2.24, 2.45) is 0 Å². The molecule has 0 radical (unpaired) electrons. The first-order valence-corrected chi connectivity index (χ1v) is 7.23. The predicted octanol–water partition coefficient (Wildman–Crippen LogP) is 3.79. The first-order chi connectivity index (χ1) is 7.36. The van der Waals surface area contributed by atoms with Crippen LogP contribution in [-0.2, 0) is 11.5 Å². The molecule has 0 spiro atoms. The molecule has 2 aliphatic rings. The van der Waals surface area contributed by atoms with Crippen molar-refractivity contribution in [2.45, 2.75) is 49.7 Å². The van der Waals surface area contributed by atoms with Gasteiger partial charge in [0.05, 0.1) is 11.7 Å². The van der Waals surface area contributed by atoms with Gasteiger partial charge in [-0.3, -0.25) is 4.68 Å². The van der Waals surface area contributed by atoms with Crippen LogP contribution in [0, 0.1) is 0 Å². The lowest BCUT2D eigenvalue weighted by Crippen LogP contribution is -2.14. The fourth-order valence-corrected chi connectivity index (χ4v) is 4.03. The van der Waals surface area contributed by atoms with Gasteiger partial charge in [0.2, 0.25) is 0 Å². The van der Waals surface area contributed by atoms with Crippen molar-refractivity contribution in [1.29, 1.82) is 0 Å². The third-order valence-corrected chi connectivity index (χ3v) is 4.80. The third-order valence-electron chi connectivity index (χ3n) is 3.43. The molecule has 0 amide bonds. The van der Waals surface area contributed by atoms with E-state index in [1.165, 1.54) is 43.4 Å². The molecule has 0 saturated heterocycles. The molecule has 2 nitrogen and oxygen atoms in total. The van der Waals surface area contributed by atoms with Crippen LogP contribution in [0.4, 0.5) is 0 Å². The van der Waals surface area contributed by atoms with Crippen molar-refractivity contribution in [1.82, 2.24) is 9.78 Å². The van der Waals surface area contributed by atoms with Gasteiger partial charge in [0.25, 0.3) is 0 Å². The van der Waals surface area contributed by atoms with Crippen LogP contribution in [0.5, 0.6) is 0 Å². The number of fused-ring (bicyclic) bond motifs is 1. The molecule has 15 heavy (non-hydrogen) atoms. The first kappa shape index (κ1) is 10.0. The molecule has 1 aliphatic carbocycles. The Bertz CT molecular complexity index is 369. The quantitative estimate of drug-likeness (QED) is 0.746. The Balaban J connectivity index is 1.91. The molecule has 1 fully saturated rings. The van der Waals surface area contributed by atoms with E-state index in [0.29, 0.717) is 6.04 Å². The van der Waals surface area contributed by atoms with E-state index in [1.807, 2.05) is 11.8 Å². The van der Waals surface area contributed by atoms with Crippen LogP contribution in [0.1, 0.15) is 49.4 Å². The molecule has 0 atom stereocenters. The summed E-state index contributed by atoms with van der Waals surface area (Å²) in [5.74, 6) is 2.11. The smallest absolute Gasteiger partial charge is 0.131 e. The minimum Gasteiger partial charge on any atom is -0.250 e. The summed E-state index contributed by atoms with van der Waals surface area (Å²) in [6.45, 7) is 0. The van der Waals surface area contributed by atoms with Crippen molar-refractivity contribution in [2.75, 3.05) is 0 Å². The molecule has 0 bridgehead atoms. The maximum Gasteiger partial charge on any atom is 0.131 e. The van der Waals surface area contributed by atoms with E-state index in [9.17, 15) is 0 Å². The number of nitrogens with zero attached hydrogens (tertiary/aromatic N) is 2. The van der Waals surface area contributed by atoms with Crippen LogP contribution in [0.3, 0.4) is 0 Å². The minimum absolute atomic E-state index is 0.571. The van der Waals surface area contributed by atoms with E-state index in [-0.39, 0.29) is 0 Å². The summed E-state index contributed by atoms with van der Waals surface area (Å²) in [6, 6.07) is 0.571. The molecule has 0 unspecified atom stereocenters. The minimum atomic E-state index is 0.571. The Morgan fingerprint density at radius 2 is 2.00 bits per heavy atom.